The first-order valence-corrected chi connectivity index (χ1v) is 6.40. The van der Waals surface area contributed by atoms with Crippen LogP contribution in [-0.2, 0) is 0 Å². The highest BCUT2D eigenvalue weighted by Gasteiger charge is 2.41. The summed E-state index contributed by atoms with van der Waals surface area (Å²) in [4.78, 5) is 8.07. The van der Waals surface area contributed by atoms with E-state index in [1.165, 1.54) is 18.6 Å². The molecule has 0 aromatic carbocycles. The number of hydrogen-bond donors (Lipinski definition) is 0. The Bertz CT molecular complexity index is 274. The van der Waals surface area contributed by atoms with Gasteiger partial charge in [0, 0.05) is 17.3 Å². The molecule has 2 nitrogen and oxygen atoms in total. The summed E-state index contributed by atoms with van der Waals surface area (Å²) in [6.45, 7) is 0. The molecule has 4 heteroatoms. The van der Waals surface area contributed by atoms with Crippen molar-refractivity contribution in [2.24, 2.45) is 5.41 Å². The van der Waals surface area contributed by atoms with Gasteiger partial charge in [-0.2, -0.15) is 0 Å². The van der Waals surface area contributed by atoms with Gasteiger partial charge in [0.25, 0.3) is 0 Å². The first kappa shape index (κ1) is 9.46. The molecule has 1 aromatic heterocycles. The van der Waals surface area contributed by atoms with Gasteiger partial charge in [-0.05, 0) is 24.3 Å². The van der Waals surface area contributed by atoms with E-state index < -0.39 is 0 Å². The van der Waals surface area contributed by atoms with Crippen LogP contribution >= 0.6 is 27.7 Å². The lowest BCUT2D eigenvalue weighted by Gasteiger charge is -2.09. The van der Waals surface area contributed by atoms with Crippen LogP contribution in [0, 0.1) is 5.41 Å². The lowest BCUT2D eigenvalue weighted by molar-refractivity contribution is 0.685. The van der Waals surface area contributed by atoms with Crippen LogP contribution in [0.1, 0.15) is 12.8 Å². The van der Waals surface area contributed by atoms with Crippen molar-refractivity contribution in [2.45, 2.75) is 17.9 Å². The average Bonchev–Trinajstić information content (AvgIpc) is 2.97. The van der Waals surface area contributed by atoms with Gasteiger partial charge in [-0.25, -0.2) is 9.97 Å². The summed E-state index contributed by atoms with van der Waals surface area (Å²) in [6.07, 6.45) is 6.12. The maximum Gasteiger partial charge on any atom is 0.116 e. The summed E-state index contributed by atoms with van der Waals surface area (Å²) in [7, 11) is 0. The molecule has 0 N–H and O–H groups in total. The first-order valence-electron chi connectivity index (χ1n) is 4.29. The van der Waals surface area contributed by atoms with E-state index in [4.69, 9.17) is 0 Å². The van der Waals surface area contributed by atoms with Crippen molar-refractivity contribution in [3.63, 3.8) is 0 Å². The Balaban J connectivity index is 1.86. The zero-order chi connectivity index (χ0) is 9.15. The minimum Gasteiger partial charge on any atom is -0.245 e. The normalized spacial score (nSPS) is 18.5. The van der Waals surface area contributed by atoms with Crippen LogP contribution in [0.25, 0.3) is 0 Å². The van der Waals surface area contributed by atoms with Crippen molar-refractivity contribution < 1.29 is 0 Å². The zero-order valence-corrected chi connectivity index (χ0v) is 9.64. The molecule has 0 amide bonds. The second-order valence-corrected chi connectivity index (χ2v) is 5.03. The molecule has 13 heavy (non-hydrogen) atoms. The molecule has 0 radical (unpaired) electrons. The Hall–Kier alpha value is -0.0900. The number of aromatic nitrogens is 2. The number of halogens is 1. The molecule has 0 bridgehead atoms. The standard InChI is InChI=1S/C9H11BrN2S/c10-5-9(2-3-9)6-13-8-1-4-11-7-12-8/h1,4,7H,2-3,5-6H2. The van der Waals surface area contributed by atoms with Gasteiger partial charge in [-0.1, -0.05) is 15.9 Å². The second-order valence-electron chi connectivity index (χ2n) is 3.47. The van der Waals surface area contributed by atoms with Gasteiger partial charge in [0.15, 0.2) is 0 Å². The fourth-order valence-electron chi connectivity index (χ4n) is 1.08. The number of thioether (sulfide) groups is 1. The van der Waals surface area contributed by atoms with Gasteiger partial charge < -0.3 is 0 Å². The first-order chi connectivity index (χ1) is 6.35. The molecule has 1 aliphatic carbocycles. The largest absolute Gasteiger partial charge is 0.245 e. The van der Waals surface area contributed by atoms with Crippen LogP contribution in [0.4, 0.5) is 0 Å². The molecule has 2 rings (SSSR count). The fraction of sp³-hybridized carbons (Fsp3) is 0.556. The molecule has 0 atom stereocenters. The van der Waals surface area contributed by atoms with E-state index in [1.807, 2.05) is 17.8 Å². The highest BCUT2D eigenvalue weighted by molar-refractivity contribution is 9.09. The van der Waals surface area contributed by atoms with Gasteiger partial charge in [0.05, 0.1) is 5.03 Å². The number of nitrogens with zero attached hydrogens (tertiary/aromatic N) is 2. The lowest BCUT2D eigenvalue weighted by atomic mass is 10.2. The molecule has 1 aliphatic rings. The van der Waals surface area contributed by atoms with Crippen LogP contribution in [0.5, 0.6) is 0 Å². The molecular formula is C9H11BrN2S. The molecule has 0 saturated heterocycles. The Labute approximate surface area is 90.7 Å². The lowest BCUT2D eigenvalue weighted by Crippen LogP contribution is -2.05. The third kappa shape index (κ3) is 2.44. The summed E-state index contributed by atoms with van der Waals surface area (Å²) in [5, 5.41) is 2.21. The average molecular weight is 259 g/mol. The van der Waals surface area contributed by atoms with Crippen molar-refractivity contribution in [2.75, 3.05) is 11.1 Å². The molecule has 1 aromatic rings. The molecule has 0 spiro atoms. The molecule has 1 heterocycles. The smallest absolute Gasteiger partial charge is 0.116 e. The summed E-state index contributed by atoms with van der Waals surface area (Å²) in [6, 6.07) is 1.97. The fourth-order valence-corrected chi connectivity index (χ4v) is 3.23. The van der Waals surface area contributed by atoms with Crippen molar-refractivity contribution in [3.05, 3.63) is 18.6 Å². The molecule has 70 valence electrons. The third-order valence-corrected chi connectivity index (χ3v) is 4.81. The predicted octanol–water partition coefficient (Wildman–Crippen LogP) is 2.74. The SMILES string of the molecule is BrCC1(CSc2ccncn2)CC1. The van der Waals surface area contributed by atoms with E-state index in [2.05, 4.69) is 25.9 Å². The van der Waals surface area contributed by atoms with Crippen LogP contribution in [0.2, 0.25) is 0 Å². The van der Waals surface area contributed by atoms with Crippen LogP contribution < -0.4 is 0 Å². The van der Waals surface area contributed by atoms with E-state index in [9.17, 15) is 0 Å². The van der Waals surface area contributed by atoms with Gasteiger partial charge in [0.2, 0.25) is 0 Å². The molecule has 0 unspecified atom stereocenters. The maximum atomic E-state index is 4.18. The van der Waals surface area contributed by atoms with Crippen LogP contribution in [-0.4, -0.2) is 21.1 Å². The van der Waals surface area contributed by atoms with Crippen molar-refractivity contribution in [3.8, 4) is 0 Å². The third-order valence-electron chi connectivity index (χ3n) is 2.32. The summed E-state index contributed by atoms with van der Waals surface area (Å²) in [5.41, 5.74) is 0.565. The number of rotatable bonds is 4. The Kier molecular flexibility index (Phi) is 2.89. The Morgan fingerprint density at radius 1 is 1.54 bits per heavy atom. The van der Waals surface area contributed by atoms with Gasteiger partial charge in [-0.3, -0.25) is 0 Å². The van der Waals surface area contributed by atoms with Gasteiger partial charge in [-0.15, -0.1) is 11.8 Å². The van der Waals surface area contributed by atoms with E-state index in [-0.39, 0.29) is 0 Å². The van der Waals surface area contributed by atoms with Gasteiger partial charge >= 0.3 is 0 Å². The summed E-state index contributed by atoms with van der Waals surface area (Å²) in [5.74, 6) is 1.18. The topological polar surface area (TPSA) is 25.8 Å². The predicted molar refractivity (Wildman–Crippen MR) is 58.2 cm³/mol. The molecule has 1 saturated carbocycles. The molecule has 0 aliphatic heterocycles. The monoisotopic (exact) mass is 258 g/mol. The van der Waals surface area contributed by atoms with E-state index >= 15 is 0 Å². The summed E-state index contributed by atoms with van der Waals surface area (Å²) >= 11 is 5.39. The Morgan fingerprint density at radius 3 is 2.92 bits per heavy atom. The second kappa shape index (κ2) is 3.96. The van der Waals surface area contributed by atoms with E-state index in [0.29, 0.717) is 5.41 Å². The molecular weight excluding hydrogens is 248 g/mol. The van der Waals surface area contributed by atoms with Gasteiger partial charge in [0.1, 0.15) is 6.33 Å². The van der Waals surface area contributed by atoms with Crippen molar-refractivity contribution in [1.29, 1.82) is 0 Å². The minimum atomic E-state index is 0.565. The molecule has 1 fully saturated rings. The van der Waals surface area contributed by atoms with Crippen LogP contribution in [0.15, 0.2) is 23.6 Å². The minimum absolute atomic E-state index is 0.565. The van der Waals surface area contributed by atoms with E-state index in [0.717, 1.165) is 10.4 Å². The number of hydrogen-bond acceptors (Lipinski definition) is 3. The highest BCUT2D eigenvalue weighted by atomic mass is 79.9. The quantitative estimate of drug-likeness (QED) is 0.472. The summed E-state index contributed by atoms with van der Waals surface area (Å²) < 4.78 is 0. The zero-order valence-electron chi connectivity index (χ0n) is 7.24. The Morgan fingerprint density at radius 2 is 2.38 bits per heavy atom. The van der Waals surface area contributed by atoms with E-state index in [1.54, 1.807) is 12.5 Å². The number of alkyl halides is 1. The maximum absolute atomic E-state index is 4.18. The highest BCUT2D eigenvalue weighted by Crippen LogP contribution is 2.50. The van der Waals surface area contributed by atoms with Crippen molar-refractivity contribution in [1.82, 2.24) is 9.97 Å². The van der Waals surface area contributed by atoms with Crippen molar-refractivity contribution >= 4 is 27.7 Å². The van der Waals surface area contributed by atoms with Crippen LogP contribution in [0.3, 0.4) is 0 Å².